The van der Waals surface area contributed by atoms with Crippen molar-refractivity contribution in [2.24, 2.45) is 0 Å². The molecule has 0 bridgehead atoms. The van der Waals surface area contributed by atoms with Gasteiger partial charge < -0.3 is 9.84 Å². The molecule has 0 amide bonds. The molecule has 0 saturated heterocycles. The summed E-state index contributed by atoms with van der Waals surface area (Å²) in [5.41, 5.74) is 0.755. The van der Waals surface area contributed by atoms with Gasteiger partial charge in [-0.15, -0.1) is 0 Å². The molecule has 1 aliphatic rings. The third-order valence-electron chi connectivity index (χ3n) is 2.55. The predicted octanol–water partition coefficient (Wildman–Crippen LogP) is 2.14. The number of carbonyl (C=O) groups is 1. The summed E-state index contributed by atoms with van der Waals surface area (Å²) in [6.07, 6.45) is 2.50. The van der Waals surface area contributed by atoms with Crippen LogP contribution in [0.25, 0.3) is 0 Å². The minimum Gasteiger partial charge on any atom is -0.466 e. The molecule has 1 aliphatic carbocycles. The van der Waals surface area contributed by atoms with Crippen molar-refractivity contribution >= 4 is 17.6 Å². The van der Waals surface area contributed by atoms with Crippen molar-refractivity contribution in [2.45, 2.75) is 31.8 Å². The van der Waals surface area contributed by atoms with E-state index in [-0.39, 0.29) is 5.57 Å². The number of esters is 1. The van der Waals surface area contributed by atoms with E-state index >= 15 is 0 Å². The van der Waals surface area contributed by atoms with Gasteiger partial charge >= 0.3 is 5.97 Å². The molecule has 3 nitrogen and oxygen atoms in total. The van der Waals surface area contributed by atoms with E-state index in [2.05, 4.69) is 11.3 Å². The van der Waals surface area contributed by atoms with Crippen LogP contribution in [0.5, 0.6) is 0 Å². The first-order chi connectivity index (χ1) is 7.07. The van der Waals surface area contributed by atoms with Gasteiger partial charge in [0, 0.05) is 5.03 Å². The summed E-state index contributed by atoms with van der Waals surface area (Å²) in [7, 11) is 1.26. The van der Waals surface area contributed by atoms with Crippen LogP contribution in [-0.2, 0) is 9.53 Å². The van der Waals surface area contributed by atoms with Gasteiger partial charge in [0.1, 0.15) is 6.10 Å². The Labute approximate surface area is 94.4 Å². The van der Waals surface area contributed by atoms with Crippen LogP contribution in [0.1, 0.15) is 25.7 Å². The summed E-state index contributed by atoms with van der Waals surface area (Å²) in [6.45, 7) is 3.52. The zero-order chi connectivity index (χ0) is 11.4. The number of halogens is 1. The number of carbonyl (C=O) groups excluding carboxylic acids is 1. The molecule has 0 saturated carbocycles. The minimum absolute atomic E-state index is 0.0487. The molecule has 84 valence electrons. The zero-order valence-corrected chi connectivity index (χ0v) is 9.51. The van der Waals surface area contributed by atoms with E-state index in [1.807, 2.05) is 0 Å². The fourth-order valence-corrected chi connectivity index (χ4v) is 1.96. The van der Waals surface area contributed by atoms with Crippen molar-refractivity contribution in [3.05, 3.63) is 22.8 Å². The van der Waals surface area contributed by atoms with Crippen LogP contribution in [0, 0.1) is 0 Å². The smallest absolute Gasteiger partial charge is 0.336 e. The quantitative estimate of drug-likeness (QED) is 0.597. The molecule has 1 N–H and O–H groups in total. The highest BCUT2D eigenvalue weighted by atomic mass is 35.5. The number of aliphatic hydroxyl groups excluding tert-OH is 1. The number of rotatable bonds is 3. The van der Waals surface area contributed by atoms with Gasteiger partial charge in [-0.05, 0) is 31.3 Å². The number of aliphatic hydroxyl groups is 1. The van der Waals surface area contributed by atoms with E-state index in [4.69, 9.17) is 11.6 Å². The largest absolute Gasteiger partial charge is 0.466 e. The Morgan fingerprint density at radius 1 is 1.53 bits per heavy atom. The Morgan fingerprint density at radius 2 is 2.13 bits per heavy atom. The molecule has 0 aliphatic heterocycles. The highest BCUT2D eigenvalue weighted by Crippen LogP contribution is 2.31. The molecule has 1 rings (SSSR count). The van der Waals surface area contributed by atoms with Crippen LogP contribution in [0.2, 0.25) is 0 Å². The average Bonchev–Trinajstić information content (AvgIpc) is 2.26. The summed E-state index contributed by atoms with van der Waals surface area (Å²) in [5.74, 6) is -0.593. The SMILES string of the molecule is C=C(C(=O)OC)C(O)C1=C(Cl)CCCC1. The second-order valence-electron chi connectivity index (χ2n) is 3.56. The molecule has 0 aromatic rings. The van der Waals surface area contributed by atoms with Gasteiger partial charge in [-0.3, -0.25) is 0 Å². The maximum atomic E-state index is 11.2. The predicted molar refractivity (Wildman–Crippen MR) is 58.5 cm³/mol. The third-order valence-corrected chi connectivity index (χ3v) is 2.98. The van der Waals surface area contributed by atoms with E-state index in [1.165, 1.54) is 7.11 Å². The van der Waals surface area contributed by atoms with Gasteiger partial charge in [0.05, 0.1) is 12.7 Å². The second-order valence-corrected chi connectivity index (χ2v) is 4.01. The van der Waals surface area contributed by atoms with Gasteiger partial charge in [-0.25, -0.2) is 4.79 Å². The van der Waals surface area contributed by atoms with Crippen molar-refractivity contribution in [2.75, 3.05) is 7.11 Å². The Morgan fingerprint density at radius 3 is 2.67 bits per heavy atom. The van der Waals surface area contributed by atoms with E-state index in [0.29, 0.717) is 10.6 Å². The van der Waals surface area contributed by atoms with Gasteiger partial charge in [0.15, 0.2) is 0 Å². The van der Waals surface area contributed by atoms with Crippen LogP contribution in [-0.4, -0.2) is 24.3 Å². The van der Waals surface area contributed by atoms with Crippen molar-refractivity contribution in [3.8, 4) is 0 Å². The van der Waals surface area contributed by atoms with E-state index in [1.54, 1.807) is 0 Å². The maximum Gasteiger partial charge on any atom is 0.336 e. The fraction of sp³-hybridized carbons (Fsp3) is 0.545. The summed E-state index contributed by atoms with van der Waals surface area (Å²) < 4.78 is 4.50. The summed E-state index contributed by atoms with van der Waals surface area (Å²) in [4.78, 5) is 11.2. The lowest BCUT2D eigenvalue weighted by molar-refractivity contribution is -0.137. The number of hydrogen-bond donors (Lipinski definition) is 1. The number of hydrogen-bond acceptors (Lipinski definition) is 3. The topological polar surface area (TPSA) is 46.5 Å². The first-order valence-corrected chi connectivity index (χ1v) is 5.28. The molecule has 4 heteroatoms. The summed E-state index contributed by atoms with van der Waals surface area (Å²) in [6, 6.07) is 0. The van der Waals surface area contributed by atoms with Crippen molar-refractivity contribution in [1.82, 2.24) is 0 Å². The van der Waals surface area contributed by atoms with Gasteiger partial charge in [0.2, 0.25) is 0 Å². The molecule has 0 spiro atoms. The maximum absolute atomic E-state index is 11.2. The van der Waals surface area contributed by atoms with E-state index in [9.17, 15) is 9.90 Å². The standard InChI is InChI=1S/C11H15ClO3/c1-7(11(14)15-2)10(13)8-5-3-4-6-9(8)12/h10,13H,1,3-6H2,2H3. The lowest BCUT2D eigenvalue weighted by Crippen LogP contribution is -2.22. The van der Waals surface area contributed by atoms with Crippen LogP contribution in [0.3, 0.4) is 0 Å². The average molecular weight is 231 g/mol. The highest BCUT2D eigenvalue weighted by Gasteiger charge is 2.24. The molecule has 0 aromatic carbocycles. The van der Waals surface area contributed by atoms with Crippen molar-refractivity contribution in [1.29, 1.82) is 0 Å². The molecule has 1 unspecified atom stereocenters. The zero-order valence-electron chi connectivity index (χ0n) is 8.75. The molecular formula is C11H15ClO3. The minimum atomic E-state index is -0.995. The van der Waals surface area contributed by atoms with E-state index in [0.717, 1.165) is 25.7 Å². The molecular weight excluding hydrogens is 216 g/mol. The highest BCUT2D eigenvalue weighted by molar-refractivity contribution is 6.30. The molecule has 0 aromatic heterocycles. The second kappa shape index (κ2) is 5.33. The number of methoxy groups -OCH3 is 1. The first kappa shape index (κ1) is 12.3. The lowest BCUT2D eigenvalue weighted by atomic mass is 9.92. The summed E-state index contributed by atoms with van der Waals surface area (Å²) in [5, 5.41) is 10.5. The monoisotopic (exact) mass is 230 g/mol. The Kier molecular flexibility index (Phi) is 4.36. The van der Waals surface area contributed by atoms with Crippen LogP contribution >= 0.6 is 11.6 Å². The Bertz CT molecular complexity index is 307. The molecule has 1 atom stereocenters. The van der Waals surface area contributed by atoms with E-state index < -0.39 is 12.1 Å². The van der Waals surface area contributed by atoms with Crippen molar-refractivity contribution in [3.63, 3.8) is 0 Å². The normalized spacial score (nSPS) is 18.6. The molecule has 0 radical (unpaired) electrons. The lowest BCUT2D eigenvalue weighted by Gasteiger charge is -2.21. The van der Waals surface area contributed by atoms with Gasteiger partial charge in [0.25, 0.3) is 0 Å². The summed E-state index contributed by atoms with van der Waals surface area (Å²) >= 11 is 6.00. The van der Waals surface area contributed by atoms with Crippen LogP contribution in [0.15, 0.2) is 22.8 Å². The fourth-order valence-electron chi connectivity index (χ4n) is 1.63. The van der Waals surface area contributed by atoms with Crippen molar-refractivity contribution < 1.29 is 14.6 Å². The Hall–Kier alpha value is -0.800. The van der Waals surface area contributed by atoms with Crippen LogP contribution in [0.4, 0.5) is 0 Å². The first-order valence-electron chi connectivity index (χ1n) is 4.90. The van der Waals surface area contributed by atoms with Crippen LogP contribution < -0.4 is 0 Å². The third kappa shape index (κ3) is 2.83. The number of allylic oxidation sites excluding steroid dienone is 1. The molecule has 0 heterocycles. The number of ether oxygens (including phenoxy) is 1. The molecule has 15 heavy (non-hydrogen) atoms. The van der Waals surface area contributed by atoms with Gasteiger partial charge in [-0.2, -0.15) is 0 Å². The Balaban J connectivity index is 2.79. The van der Waals surface area contributed by atoms with Gasteiger partial charge in [-0.1, -0.05) is 18.2 Å². The molecule has 0 fully saturated rings.